The van der Waals surface area contributed by atoms with Gasteiger partial charge in [0.15, 0.2) is 0 Å². The van der Waals surface area contributed by atoms with E-state index in [1.807, 2.05) is 215 Å². The molecular formula is C110H116N8O26S4. The summed E-state index contributed by atoms with van der Waals surface area (Å²) < 4.78 is 175. The van der Waals surface area contributed by atoms with Gasteiger partial charge in [0.1, 0.15) is 93.4 Å². The number of pyridine rings is 4. The Hall–Kier alpha value is -14.4. The number of nitrogens with one attached hydrogen (secondary N) is 4. The van der Waals surface area contributed by atoms with Crippen molar-refractivity contribution in [1.82, 2.24) is 38.8 Å². The summed E-state index contributed by atoms with van der Waals surface area (Å²) in [7, 11) is -11.2. The highest BCUT2D eigenvalue weighted by Crippen LogP contribution is 2.48. The van der Waals surface area contributed by atoms with E-state index in [0.717, 1.165) is 147 Å². The minimum absolute atomic E-state index is 0.0958. The van der Waals surface area contributed by atoms with Crippen LogP contribution in [0.15, 0.2) is 231 Å². The van der Waals surface area contributed by atoms with Crippen LogP contribution >= 0.6 is 0 Å². The molecule has 8 aromatic carbocycles. The van der Waals surface area contributed by atoms with Gasteiger partial charge in [0.25, 0.3) is 0 Å². The fourth-order valence-corrected chi connectivity index (χ4v) is 24.4. The molecule has 148 heavy (non-hydrogen) atoms. The fraction of sp³-hybridized carbons (Fsp3) is 0.345. The number of aliphatic hydroxyl groups is 2. The highest BCUT2D eigenvalue weighted by molar-refractivity contribution is 7.91. The summed E-state index contributed by atoms with van der Waals surface area (Å²) in [6.45, 7) is 11.4. The van der Waals surface area contributed by atoms with Crippen LogP contribution in [0.3, 0.4) is 0 Å². The van der Waals surface area contributed by atoms with Gasteiger partial charge in [0.05, 0.1) is 85.4 Å². The predicted octanol–water partition coefficient (Wildman–Crippen LogP) is 17.2. The second-order valence-electron chi connectivity index (χ2n) is 38.8. The van der Waals surface area contributed by atoms with Crippen molar-refractivity contribution >= 4 is 63.7 Å². The first kappa shape index (κ1) is 105. The standard InChI is InChI=1S/C30H34N2O7S.C29H32N2O7S.C26H26N2O6S.C25H24N2O6S/c1-19-25(13-14-29(31-19)37-16-15-30(2,3)34)39-26-6-4-5-23-24(26)11-12-27(23)38-22-9-7-20(8-10-22)21-17-28(33)32-40(35,36)18-21;1-29(2,33)14-15-36-28-13-10-22(17-30-28)38-25-5-3-4-23-24(25)11-12-26(23)37-21-8-6-19(7-9-21)20-16-27(32)31-39(34,35)18-20;1-16-22(12-13-26(27-16)32-2)34-23-5-3-4-20-21(23)10-11-24(20)33-19-8-6-17(7-9-19)18-14-25(29)28-35(30,31)15-18;1-31-25-12-9-19(14-26-25)33-22-4-2-3-20-21(22)10-11-23(20)32-18-7-5-16(6-8-18)17-13-24(28)27-34(29,30)15-17/h4-10,13-14,21,27,34H,11-12,15-18H2,1-3H3,(H,32,33);3-10,13,17,20,26,33H,11-12,14-16,18H2,1-2H3,(H,31,32);3-9,12-13,18,24H,10-11,14-15H2,1-2H3,(H,28,29);2-9,12,14,17,23H,10-11,13,15H2,1H3,(H,27,28)/t21?,27-;20?,26-;18?,24-;17?,23-/m1111/s1. The highest BCUT2D eigenvalue weighted by atomic mass is 32.2. The number of sulfonamides is 4. The zero-order valence-corrected chi connectivity index (χ0v) is 86.1. The first-order valence-electron chi connectivity index (χ1n) is 48.8. The Morgan fingerprint density at radius 2 is 0.581 bits per heavy atom. The number of methoxy groups -OCH3 is 2. The van der Waals surface area contributed by atoms with Crippen molar-refractivity contribution in [2.45, 2.75) is 191 Å². The molecule has 0 radical (unpaired) electrons. The molecule has 12 aromatic rings. The largest absolute Gasteiger partial charge is 0.486 e. The zero-order chi connectivity index (χ0) is 104. The van der Waals surface area contributed by atoms with Crippen LogP contribution in [0.2, 0.25) is 0 Å². The minimum Gasteiger partial charge on any atom is -0.486 e. The number of benzene rings is 8. The maximum atomic E-state index is 11.9. The van der Waals surface area contributed by atoms with Gasteiger partial charge in [-0.05, 0) is 234 Å². The van der Waals surface area contributed by atoms with Crippen molar-refractivity contribution in [3.8, 4) is 92.5 Å². The Kier molecular flexibility index (Phi) is 32.0. The molecule has 6 N–H and O–H groups in total. The van der Waals surface area contributed by atoms with E-state index in [2.05, 4.69) is 26.0 Å². The molecule has 8 heterocycles. The Balaban J connectivity index is 0.000000135. The van der Waals surface area contributed by atoms with Crippen molar-refractivity contribution in [1.29, 1.82) is 0 Å². The average Bonchev–Trinajstić information content (AvgIpc) is 1.67. The summed E-state index contributed by atoms with van der Waals surface area (Å²) in [4.78, 5) is 64.3. The average molecular weight is 2090 g/mol. The maximum Gasteiger partial charge on any atom is 0.235 e. The monoisotopic (exact) mass is 2090 g/mol. The van der Waals surface area contributed by atoms with Crippen LogP contribution in [-0.2, 0) is 85.0 Å². The fourth-order valence-electron chi connectivity index (χ4n) is 19.0. The molecule has 4 fully saturated rings. The third-order valence-corrected chi connectivity index (χ3v) is 31.9. The Morgan fingerprint density at radius 3 is 0.851 bits per heavy atom. The lowest BCUT2D eigenvalue weighted by atomic mass is 9.97. The molecule has 4 aromatic heterocycles. The van der Waals surface area contributed by atoms with E-state index in [-0.39, 0.29) is 96.8 Å². The SMILES string of the molecule is CC(C)(O)CCOc1ccc(Oc2cccc3c2CC[C@H]3Oc2ccc(C3CC(=O)NS(=O)(=O)C3)cc2)cn1.COc1ccc(Oc2cccc3c2CC[C@H]3Oc2ccc(C3CC(=O)NS(=O)(=O)C3)cc2)c(C)n1.COc1ccc(Oc2cccc3c2CC[C@H]3Oc2ccc(C3CC(=O)NS(=O)(=O)C3)cc2)cn1.Cc1nc(OCCC(C)(C)O)ccc1Oc1cccc2c1CC[C@H]2Oc1ccc(C2CC(=O)NS(=O)(=O)C2)cc1. The summed E-state index contributed by atoms with van der Waals surface area (Å²) in [5.74, 6) is 6.64. The molecule has 8 atom stereocenters. The van der Waals surface area contributed by atoms with Crippen LogP contribution in [0.4, 0.5) is 0 Å². The number of aryl methyl sites for hydroxylation is 2. The van der Waals surface area contributed by atoms with Crippen LogP contribution in [0.25, 0.3) is 0 Å². The van der Waals surface area contributed by atoms with Gasteiger partial charge in [-0.15, -0.1) is 0 Å². The Bertz CT molecular complexity index is 7350. The molecule has 0 bridgehead atoms. The molecule has 0 saturated carbocycles. The van der Waals surface area contributed by atoms with Crippen LogP contribution in [-0.4, -0.2) is 149 Å². The number of amides is 4. The predicted molar refractivity (Wildman–Crippen MR) is 548 cm³/mol. The topological polar surface area (TPSA) is 456 Å². The lowest BCUT2D eigenvalue weighted by Crippen LogP contribution is -2.40. The van der Waals surface area contributed by atoms with Crippen molar-refractivity contribution in [3.05, 3.63) is 309 Å². The second kappa shape index (κ2) is 45.1. The smallest absolute Gasteiger partial charge is 0.235 e. The van der Waals surface area contributed by atoms with Gasteiger partial charge in [-0.1, -0.05) is 97.1 Å². The van der Waals surface area contributed by atoms with Gasteiger partial charge >= 0.3 is 0 Å². The first-order valence-corrected chi connectivity index (χ1v) is 55.4. The number of rotatable bonds is 30. The Morgan fingerprint density at radius 1 is 0.318 bits per heavy atom. The normalized spacial score (nSPS) is 20.3. The van der Waals surface area contributed by atoms with Crippen molar-refractivity contribution in [2.24, 2.45) is 0 Å². The number of hydrogen-bond donors (Lipinski definition) is 6. The van der Waals surface area contributed by atoms with Gasteiger partial charge in [-0.25, -0.2) is 53.6 Å². The van der Waals surface area contributed by atoms with Gasteiger partial charge in [-0.3, -0.25) is 38.1 Å². The lowest BCUT2D eigenvalue weighted by molar-refractivity contribution is -0.120. The highest BCUT2D eigenvalue weighted by Gasteiger charge is 2.39. The van der Waals surface area contributed by atoms with E-state index in [4.69, 9.17) is 56.8 Å². The molecular weight excluding hydrogens is 1980 g/mol. The van der Waals surface area contributed by atoms with Crippen LogP contribution in [0, 0.1) is 13.8 Å². The molecule has 34 nitrogen and oxygen atoms in total. The number of carbonyl (C=O) groups excluding carboxylic acids is 4. The van der Waals surface area contributed by atoms with E-state index in [1.165, 1.54) is 0 Å². The summed E-state index contributed by atoms with van der Waals surface area (Å²) in [6.07, 6.45) is 10.8. The number of carbonyl (C=O) groups is 4. The third-order valence-electron chi connectivity index (χ3n) is 26.4. The lowest BCUT2D eigenvalue weighted by Gasteiger charge is -2.23. The van der Waals surface area contributed by atoms with Crippen molar-refractivity contribution < 1.29 is 120 Å². The van der Waals surface area contributed by atoms with E-state index in [9.17, 15) is 63.1 Å². The van der Waals surface area contributed by atoms with Crippen LogP contribution < -0.4 is 75.7 Å². The van der Waals surface area contributed by atoms with Crippen molar-refractivity contribution in [2.75, 3.05) is 50.4 Å². The second-order valence-corrected chi connectivity index (χ2v) is 45.8. The molecule has 0 spiro atoms. The van der Waals surface area contributed by atoms with Crippen molar-refractivity contribution in [3.63, 3.8) is 0 Å². The summed E-state index contributed by atoms with van der Waals surface area (Å²) >= 11 is 0. The van der Waals surface area contributed by atoms with E-state index in [0.29, 0.717) is 101 Å². The van der Waals surface area contributed by atoms with E-state index in [1.54, 1.807) is 84.6 Å². The minimum atomic E-state index is -3.59. The van der Waals surface area contributed by atoms with E-state index >= 15 is 0 Å². The first-order chi connectivity index (χ1) is 70.7. The molecule has 4 amide bonds. The van der Waals surface area contributed by atoms with E-state index < -0.39 is 74.9 Å². The van der Waals surface area contributed by atoms with Gasteiger partial charge in [0, 0.05) is 109 Å². The molecule has 4 unspecified atom stereocenters. The Labute approximate surface area is 859 Å². The van der Waals surface area contributed by atoms with Crippen LogP contribution in [0.1, 0.15) is 218 Å². The molecule has 38 heteroatoms. The molecule has 776 valence electrons. The molecule has 20 rings (SSSR count). The van der Waals surface area contributed by atoms with Crippen LogP contribution in [0.5, 0.6) is 92.5 Å². The number of aromatic nitrogens is 4. The molecule has 4 aliphatic carbocycles. The molecule has 8 aliphatic rings. The quantitative estimate of drug-likeness (QED) is 0.0243. The number of ether oxygens (including phenoxy) is 12. The summed E-state index contributed by atoms with van der Waals surface area (Å²) in [6, 6.07) is 67.4. The third kappa shape index (κ3) is 27.5. The summed E-state index contributed by atoms with van der Waals surface area (Å²) in [5, 5.41) is 19.7. The maximum absolute atomic E-state index is 11.9. The number of hydrogen-bond acceptors (Lipinski definition) is 30. The summed E-state index contributed by atoms with van der Waals surface area (Å²) in [5.41, 5.74) is 11.8. The molecule has 4 aliphatic heterocycles. The number of nitrogens with zero attached hydrogens (tertiary/aromatic N) is 4. The number of fused-ring (bicyclic) bond motifs is 4. The van der Waals surface area contributed by atoms with Gasteiger partial charge in [0.2, 0.25) is 87.2 Å². The van der Waals surface area contributed by atoms with Gasteiger partial charge < -0.3 is 67.1 Å². The molecule has 4 saturated heterocycles. The zero-order valence-electron chi connectivity index (χ0n) is 82.8. The van der Waals surface area contributed by atoms with Gasteiger partial charge in [-0.2, -0.15) is 0 Å².